The van der Waals surface area contributed by atoms with E-state index in [1.807, 2.05) is 0 Å². The second kappa shape index (κ2) is 4.12. The van der Waals surface area contributed by atoms with Crippen molar-refractivity contribution in [2.75, 3.05) is 0 Å². The van der Waals surface area contributed by atoms with Crippen molar-refractivity contribution in [1.82, 2.24) is 0 Å². The van der Waals surface area contributed by atoms with Gasteiger partial charge in [0.25, 0.3) is 0 Å². The van der Waals surface area contributed by atoms with E-state index in [2.05, 4.69) is 0 Å². The Labute approximate surface area is 57.3 Å². The summed E-state index contributed by atoms with van der Waals surface area (Å²) in [4.78, 5) is 21.6. The van der Waals surface area contributed by atoms with Gasteiger partial charge >= 0.3 is 37.2 Å². The quantitative estimate of drug-likeness (QED) is 0.225. The molecule has 0 atom stereocenters. The van der Waals surface area contributed by atoms with E-state index in [4.69, 9.17) is 35.3 Å². The van der Waals surface area contributed by atoms with Crippen molar-refractivity contribution in [3.05, 3.63) is 0 Å². The molecule has 0 fully saturated rings. The van der Waals surface area contributed by atoms with Gasteiger partial charge in [-0.3, -0.25) is 0 Å². The zero-order valence-electron chi connectivity index (χ0n) is 4.29. The molecule has 0 unspecified atom stereocenters. The fraction of sp³-hybridized carbons (Fsp3) is 0. The van der Waals surface area contributed by atoms with Gasteiger partial charge in [0.15, 0.2) is 0 Å². The normalized spacial score (nSPS) is 11.7. The summed E-state index contributed by atoms with van der Waals surface area (Å²) in [7, 11) is -4.64. The Balaban J connectivity index is 0. The molecule has 0 bridgehead atoms. The second-order valence-electron chi connectivity index (χ2n) is 0.928. The molecule has 0 aromatic rings. The van der Waals surface area contributed by atoms with Crippen molar-refractivity contribution in [2.45, 2.75) is 0 Å². The molecule has 0 saturated heterocycles. The van der Waals surface area contributed by atoms with Gasteiger partial charge in [-0.25, -0.2) is 4.57 Å². The van der Waals surface area contributed by atoms with Crippen molar-refractivity contribution in [1.29, 1.82) is 0 Å². The number of rotatable bonds is 0. The minimum atomic E-state index is -5.12. The maximum absolute atomic E-state index is 8.88. The Hall–Kier alpha value is 0.149. The molecule has 10 heavy (non-hydrogen) atoms. The van der Waals surface area contributed by atoms with Crippen LogP contribution in [0.5, 0.6) is 0 Å². The van der Waals surface area contributed by atoms with Gasteiger partial charge in [0.05, 0.1) is 0 Å². The van der Waals surface area contributed by atoms with Gasteiger partial charge in [0, 0.05) is 0 Å². The first kappa shape index (κ1) is 12.8. The monoisotopic (exact) mass is 219 g/mol. The Kier molecular flexibility index (Phi) is 5.27. The average molecular weight is 219 g/mol. The van der Waals surface area contributed by atoms with Crippen LogP contribution in [0.1, 0.15) is 0 Å². The van der Waals surface area contributed by atoms with Gasteiger partial charge in [-0.1, -0.05) is 0 Å². The van der Waals surface area contributed by atoms with E-state index < -0.39 is 21.2 Å². The van der Waals surface area contributed by atoms with Crippen molar-refractivity contribution >= 4 is 7.82 Å². The van der Waals surface area contributed by atoms with E-state index in [9.17, 15) is 0 Å². The van der Waals surface area contributed by atoms with Gasteiger partial charge in [-0.15, -0.1) is 0 Å². The second-order valence-corrected chi connectivity index (χ2v) is 3.25. The Bertz CT molecular complexity index is 187. The molecule has 0 aliphatic rings. The molecule has 0 aromatic heterocycles. The van der Waals surface area contributed by atoms with Crippen LogP contribution >= 0.6 is 7.82 Å². The molecule has 0 aliphatic heterocycles. The van der Waals surface area contributed by atoms with Gasteiger partial charge in [0.2, 0.25) is 0 Å². The van der Waals surface area contributed by atoms with E-state index >= 15 is 0 Å². The van der Waals surface area contributed by atoms with Crippen molar-refractivity contribution < 1.29 is 48.7 Å². The van der Waals surface area contributed by atoms with E-state index in [-0.39, 0.29) is 0 Å². The van der Waals surface area contributed by atoms with Crippen molar-refractivity contribution in [3.8, 4) is 0 Å². The van der Waals surface area contributed by atoms with Gasteiger partial charge < -0.3 is 14.7 Å². The first-order valence-electron chi connectivity index (χ1n) is 1.43. The molecule has 0 rings (SSSR count). The summed E-state index contributed by atoms with van der Waals surface area (Å²) in [6.07, 6.45) is 0. The van der Waals surface area contributed by atoms with Crippen LogP contribution in [-0.2, 0) is 25.6 Å². The Morgan fingerprint density at radius 1 is 1.00 bits per heavy atom. The summed E-state index contributed by atoms with van der Waals surface area (Å²) < 4.78 is 40.7. The fourth-order valence-electron chi connectivity index (χ4n) is 0. The van der Waals surface area contributed by atoms with Gasteiger partial charge in [-0.2, -0.15) is 0 Å². The van der Waals surface area contributed by atoms with Crippen molar-refractivity contribution in [3.63, 3.8) is 0 Å². The van der Waals surface area contributed by atoms with Crippen molar-refractivity contribution in [2.24, 2.45) is 0 Å². The average Bonchev–Trinajstić information content (AvgIpc) is 1.12. The Morgan fingerprint density at radius 3 is 1.00 bits per heavy atom. The molecular weight excluding hydrogens is 214 g/mol. The van der Waals surface area contributed by atoms with E-state index in [1.54, 1.807) is 0 Å². The number of phosphoric acid groups is 1. The first-order chi connectivity index (χ1) is 4.00. The van der Waals surface area contributed by atoms with Crippen LogP contribution in [0.3, 0.4) is 0 Å². The molecule has 0 aromatic carbocycles. The zero-order valence-corrected chi connectivity index (χ0v) is 6.36. The maximum atomic E-state index is 8.88. The summed E-state index contributed by atoms with van der Waals surface area (Å²) in [6.45, 7) is 0. The summed E-state index contributed by atoms with van der Waals surface area (Å²) in [5.41, 5.74) is 0. The van der Waals surface area contributed by atoms with Gasteiger partial charge in [-0.05, 0) is 0 Å². The first-order valence-corrected chi connectivity index (χ1v) is 5.01. The minimum absolute atomic E-state index is 4.64. The van der Waals surface area contributed by atoms with Gasteiger partial charge in [0.1, 0.15) is 0 Å². The molecular formula is H5MnO8P. The molecule has 8 nitrogen and oxygen atoms in total. The van der Waals surface area contributed by atoms with Crippen LogP contribution in [0, 0.1) is 0 Å². The third kappa shape index (κ3) is 18600. The Morgan fingerprint density at radius 2 is 1.00 bits per heavy atom. The third-order valence-electron chi connectivity index (χ3n) is 0. The predicted molar refractivity (Wildman–Crippen MR) is 20.1 cm³/mol. The summed E-state index contributed by atoms with van der Waals surface area (Å²) in [5.74, 6) is 0. The third-order valence-corrected chi connectivity index (χ3v) is 0. The molecule has 0 radical (unpaired) electrons. The van der Waals surface area contributed by atoms with E-state index in [1.165, 1.54) is 0 Å². The fourth-order valence-corrected chi connectivity index (χ4v) is 0. The zero-order chi connectivity index (χ0) is 9.00. The van der Waals surface area contributed by atoms with Crippen LogP contribution in [0.4, 0.5) is 0 Å². The molecule has 65 valence electrons. The number of hydrogen-bond donors (Lipinski definition) is 5. The summed E-state index contributed by atoms with van der Waals surface area (Å²) in [5, 5.41) is 0. The predicted octanol–water partition coefficient (Wildman–Crippen LogP) is -2.28. The molecule has 10 heteroatoms. The number of hydrogen-bond acceptors (Lipinski definition) is 3. The molecule has 0 amide bonds. The summed E-state index contributed by atoms with van der Waals surface area (Å²) >= 11 is -5.12. The van der Waals surface area contributed by atoms with E-state index in [0.29, 0.717) is 0 Å². The summed E-state index contributed by atoms with van der Waals surface area (Å²) in [6, 6.07) is 0. The van der Waals surface area contributed by atoms with Crippen LogP contribution in [0.2, 0.25) is 0 Å². The molecule has 0 saturated carbocycles. The molecule has 0 spiro atoms. The topological polar surface area (TPSA) is 152 Å². The standard InChI is InChI=1S/Mn.H3O4P.2H2O.2O/c;1-5(2,3)4;;;;/h;(H3,1,2,3,4);2*1H2;;/q+2;;;;;/p-2. The molecule has 0 heterocycles. The SMILES string of the molecule is O=P(O)(O)O.[O]=[Mn](=[O])([OH])[OH]. The van der Waals surface area contributed by atoms with Crippen LogP contribution in [0.25, 0.3) is 0 Å². The van der Waals surface area contributed by atoms with Crippen LogP contribution in [-0.4, -0.2) is 23.1 Å². The van der Waals surface area contributed by atoms with E-state index in [0.717, 1.165) is 0 Å². The van der Waals surface area contributed by atoms with Crippen LogP contribution < -0.4 is 0 Å². The van der Waals surface area contributed by atoms with Crippen LogP contribution in [0.15, 0.2) is 0 Å². The molecule has 0 aliphatic carbocycles. The molecule has 5 N–H and O–H groups in total.